The van der Waals surface area contributed by atoms with Crippen LogP contribution in [-0.4, -0.2) is 37.0 Å². The van der Waals surface area contributed by atoms with Crippen LogP contribution in [0.1, 0.15) is 44.7 Å². The SMILES string of the molecule is CCCOc1ccc(C(CN2CCCC2=O)NCC)cc1. The van der Waals surface area contributed by atoms with E-state index in [9.17, 15) is 4.79 Å². The van der Waals surface area contributed by atoms with E-state index in [4.69, 9.17) is 4.74 Å². The summed E-state index contributed by atoms with van der Waals surface area (Å²) in [5, 5.41) is 3.47. The molecule has 1 fully saturated rings. The van der Waals surface area contributed by atoms with Gasteiger partial charge in [0.1, 0.15) is 5.75 Å². The summed E-state index contributed by atoms with van der Waals surface area (Å²) in [5.74, 6) is 1.19. The number of ether oxygens (including phenoxy) is 1. The van der Waals surface area contributed by atoms with E-state index in [-0.39, 0.29) is 11.9 Å². The molecular weight excluding hydrogens is 264 g/mol. The third kappa shape index (κ3) is 4.46. The Morgan fingerprint density at radius 2 is 2.05 bits per heavy atom. The second-order valence-corrected chi connectivity index (χ2v) is 5.47. The second-order valence-electron chi connectivity index (χ2n) is 5.47. The number of rotatable bonds is 8. The van der Waals surface area contributed by atoms with Crippen molar-refractivity contribution in [3.63, 3.8) is 0 Å². The average Bonchev–Trinajstić information content (AvgIpc) is 2.90. The predicted molar refractivity (Wildman–Crippen MR) is 84.5 cm³/mol. The molecule has 116 valence electrons. The van der Waals surface area contributed by atoms with Crippen molar-refractivity contribution in [3.8, 4) is 5.75 Å². The number of carbonyl (C=O) groups excluding carboxylic acids is 1. The number of benzene rings is 1. The molecule has 0 aromatic heterocycles. The van der Waals surface area contributed by atoms with Gasteiger partial charge in [-0.2, -0.15) is 0 Å². The number of likely N-dealkylation sites (tertiary alicyclic amines) is 1. The topological polar surface area (TPSA) is 41.6 Å². The fourth-order valence-electron chi connectivity index (χ4n) is 2.67. The Morgan fingerprint density at radius 1 is 1.29 bits per heavy atom. The van der Waals surface area contributed by atoms with Crippen molar-refractivity contribution >= 4 is 5.91 Å². The number of hydrogen-bond donors (Lipinski definition) is 1. The average molecular weight is 290 g/mol. The highest BCUT2D eigenvalue weighted by molar-refractivity contribution is 5.78. The van der Waals surface area contributed by atoms with Crippen molar-refractivity contribution < 1.29 is 9.53 Å². The lowest BCUT2D eigenvalue weighted by Crippen LogP contribution is -2.35. The summed E-state index contributed by atoms with van der Waals surface area (Å²) in [6, 6.07) is 8.41. The zero-order valence-corrected chi connectivity index (χ0v) is 13.1. The minimum atomic E-state index is 0.192. The molecule has 1 aliphatic heterocycles. The lowest BCUT2D eigenvalue weighted by Gasteiger charge is -2.25. The summed E-state index contributed by atoms with van der Waals surface area (Å²) in [5.41, 5.74) is 1.21. The van der Waals surface area contributed by atoms with Crippen LogP contribution in [0.25, 0.3) is 0 Å². The van der Waals surface area contributed by atoms with Gasteiger partial charge in [-0.3, -0.25) is 4.79 Å². The molecule has 0 aliphatic carbocycles. The normalized spacial score (nSPS) is 16.3. The first-order chi connectivity index (χ1) is 10.2. The molecule has 1 N–H and O–H groups in total. The van der Waals surface area contributed by atoms with Crippen molar-refractivity contribution in [2.75, 3.05) is 26.2 Å². The van der Waals surface area contributed by atoms with Crippen LogP contribution in [0.3, 0.4) is 0 Å². The standard InChI is InChI=1S/C17H26N2O2/c1-3-12-21-15-9-7-14(8-10-15)16(18-4-2)13-19-11-5-6-17(19)20/h7-10,16,18H,3-6,11-13H2,1-2H3. The number of likely N-dealkylation sites (N-methyl/N-ethyl adjacent to an activating group) is 1. The largest absolute Gasteiger partial charge is 0.494 e. The minimum Gasteiger partial charge on any atom is -0.494 e. The summed E-state index contributed by atoms with van der Waals surface area (Å²) in [6.45, 7) is 7.47. The lowest BCUT2D eigenvalue weighted by atomic mass is 10.1. The zero-order chi connectivity index (χ0) is 15.1. The number of amides is 1. The highest BCUT2D eigenvalue weighted by Gasteiger charge is 2.23. The molecule has 1 aromatic carbocycles. The monoisotopic (exact) mass is 290 g/mol. The van der Waals surface area contributed by atoms with Gasteiger partial charge in [-0.05, 0) is 37.1 Å². The molecule has 1 atom stereocenters. The van der Waals surface area contributed by atoms with Crippen molar-refractivity contribution in [1.29, 1.82) is 0 Å². The number of nitrogens with zero attached hydrogens (tertiary/aromatic N) is 1. The summed E-state index contributed by atoms with van der Waals surface area (Å²) in [7, 11) is 0. The van der Waals surface area contributed by atoms with E-state index in [1.54, 1.807) is 0 Å². The first-order valence-corrected chi connectivity index (χ1v) is 7.98. The molecule has 0 bridgehead atoms. The molecule has 1 heterocycles. The molecule has 0 saturated carbocycles. The van der Waals surface area contributed by atoms with Gasteiger partial charge in [0.15, 0.2) is 0 Å². The Labute approximate surface area is 127 Å². The van der Waals surface area contributed by atoms with Gasteiger partial charge in [0.25, 0.3) is 0 Å². The zero-order valence-electron chi connectivity index (χ0n) is 13.1. The Hall–Kier alpha value is -1.55. The minimum absolute atomic E-state index is 0.192. The van der Waals surface area contributed by atoms with Crippen LogP contribution in [0.4, 0.5) is 0 Å². The number of nitrogens with one attached hydrogen (secondary N) is 1. The maximum Gasteiger partial charge on any atom is 0.222 e. The van der Waals surface area contributed by atoms with Crippen LogP contribution in [0.2, 0.25) is 0 Å². The van der Waals surface area contributed by atoms with E-state index in [2.05, 4.69) is 31.3 Å². The maximum atomic E-state index is 11.8. The highest BCUT2D eigenvalue weighted by Crippen LogP contribution is 2.21. The van der Waals surface area contributed by atoms with E-state index < -0.39 is 0 Å². The van der Waals surface area contributed by atoms with Gasteiger partial charge in [0.2, 0.25) is 5.91 Å². The highest BCUT2D eigenvalue weighted by atomic mass is 16.5. The smallest absolute Gasteiger partial charge is 0.222 e. The predicted octanol–water partition coefficient (Wildman–Crippen LogP) is 2.75. The van der Waals surface area contributed by atoms with Gasteiger partial charge in [0, 0.05) is 25.6 Å². The third-order valence-corrected chi connectivity index (χ3v) is 3.78. The molecule has 1 amide bonds. The summed E-state index contributed by atoms with van der Waals surface area (Å²) < 4.78 is 5.62. The van der Waals surface area contributed by atoms with Gasteiger partial charge in [0.05, 0.1) is 6.61 Å². The number of hydrogen-bond acceptors (Lipinski definition) is 3. The van der Waals surface area contributed by atoms with Crippen LogP contribution in [0, 0.1) is 0 Å². The van der Waals surface area contributed by atoms with Gasteiger partial charge in [-0.1, -0.05) is 26.0 Å². The van der Waals surface area contributed by atoms with Crippen LogP contribution in [0.5, 0.6) is 5.75 Å². The second kappa shape index (κ2) is 8.03. The van der Waals surface area contributed by atoms with E-state index in [0.29, 0.717) is 6.42 Å². The van der Waals surface area contributed by atoms with Gasteiger partial charge < -0.3 is 15.0 Å². The molecule has 4 nitrogen and oxygen atoms in total. The van der Waals surface area contributed by atoms with Crippen LogP contribution in [-0.2, 0) is 4.79 Å². The molecule has 21 heavy (non-hydrogen) atoms. The van der Waals surface area contributed by atoms with E-state index in [1.165, 1.54) is 5.56 Å². The molecule has 1 saturated heterocycles. The molecule has 1 aromatic rings. The number of carbonyl (C=O) groups is 1. The van der Waals surface area contributed by atoms with Crippen molar-refractivity contribution in [1.82, 2.24) is 10.2 Å². The lowest BCUT2D eigenvalue weighted by molar-refractivity contribution is -0.128. The fraction of sp³-hybridized carbons (Fsp3) is 0.588. The molecule has 2 rings (SSSR count). The fourth-order valence-corrected chi connectivity index (χ4v) is 2.67. The molecule has 1 unspecified atom stereocenters. The molecular formula is C17H26N2O2. The molecule has 0 spiro atoms. The van der Waals surface area contributed by atoms with E-state index >= 15 is 0 Å². The van der Waals surface area contributed by atoms with Gasteiger partial charge in [-0.25, -0.2) is 0 Å². The third-order valence-electron chi connectivity index (χ3n) is 3.78. The van der Waals surface area contributed by atoms with Crippen LogP contribution in [0.15, 0.2) is 24.3 Å². The Morgan fingerprint density at radius 3 is 2.62 bits per heavy atom. The summed E-state index contributed by atoms with van der Waals surface area (Å²) >= 11 is 0. The Balaban J connectivity index is 2.01. The van der Waals surface area contributed by atoms with Crippen molar-refractivity contribution in [3.05, 3.63) is 29.8 Å². The van der Waals surface area contributed by atoms with Crippen molar-refractivity contribution in [2.24, 2.45) is 0 Å². The quantitative estimate of drug-likeness (QED) is 0.800. The van der Waals surface area contributed by atoms with Crippen molar-refractivity contribution in [2.45, 2.75) is 39.2 Å². The Kier molecular flexibility index (Phi) is 6.05. The first-order valence-electron chi connectivity index (χ1n) is 7.98. The summed E-state index contributed by atoms with van der Waals surface area (Å²) in [4.78, 5) is 13.8. The first kappa shape index (κ1) is 15.8. The van der Waals surface area contributed by atoms with Gasteiger partial charge in [-0.15, -0.1) is 0 Å². The van der Waals surface area contributed by atoms with Crippen LogP contribution >= 0.6 is 0 Å². The van der Waals surface area contributed by atoms with E-state index in [1.807, 2.05) is 17.0 Å². The van der Waals surface area contributed by atoms with Gasteiger partial charge >= 0.3 is 0 Å². The summed E-state index contributed by atoms with van der Waals surface area (Å²) in [6.07, 6.45) is 2.70. The van der Waals surface area contributed by atoms with E-state index in [0.717, 1.165) is 44.8 Å². The Bertz CT molecular complexity index is 445. The molecule has 0 radical (unpaired) electrons. The molecule has 1 aliphatic rings. The van der Waals surface area contributed by atoms with Crippen LogP contribution < -0.4 is 10.1 Å². The molecule has 4 heteroatoms. The maximum absolute atomic E-state index is 11.8.